The molecule has 0 aliphatic heterocycles. The number of fused-ring (bicyclic) bond motifs is 9. The third-order valence-electron chi connectivity index (χ3n) is 12.3. The fraction of sp³-hybridized carbons (Fsp3) is 0. The van der Waals surface area contributed by atoms with E-state index in [1.807, 2.05) is 53.8 Å². The summed E-state index contributed by atoms with van der Waals surface area (Å²) in [5, 5.41) is 6.95. The maximum absolute atomic E-state index is 6.25. The lowest BCUT2D eigenvalue weighted by Crippen LogP contribution is -1.97. The van der Waals surface area contributed by atoms with Crippen molar-refractivity contribution in [1.82, 2.24) is 9.97 Å². The van der Waals surface area contributed by atoms with Crippen LogP contribution < -0.4 is 0 Å². The van der Waals surface area contributed by atoms with Crippen LogP contribution in [0.1, 0.15) is 0 Å². The molecule has 0 N–H and O–H groups in total. The van der Waals surface area contributed by atoms with Gasteiger partial charge in [0.2, 0.25) is 0 Å². The molecule has 4 nitrogen and oxygen atoms in total. The molecule has 0 saturated heterocycles. The molecule has 13 aromatic rings. The first-order chi connectivity index (χ1) is 31.2. The lowest BCUT2D eigenvalue weighted by molar-refractivity contribution is 0.668. The van der Waals surface area contributed by atoms with Gasteiger partial charge in [0.05, 0.1) is 11.4 Å². The van der Waals surface area contributed by atoms with Crippen molar-refractivity contribution in [2.75, 3.05) is 0 Å². The van der Waals surface area contributed by atoms with E-state index in [2.05, 4.69) is 164 Å². The molecule has 4 heterocycles. The van der Waals surface area contributed by atoms with Gasteiger partial charge in [-0.3, -0.25) is 0 Å². The van der Waals surface area contributed by atoms with Crippen LogP contribution in [0.2, 0.25) is 0 Å². The van der Waals surface area contributed by atoms with Gasteiger partial charge in [-0.15, -0.1) is 11.3 Å². The maximum atomic E-state index is 6.25. The lowest BCUT2D eigenvalue weighted by Gasteiger charge is -2.14. The van der Waals surface area contributed by atoms with Crippen molar-refractivity contribution in [3.63, 3.8) is 0 Å². The number of nitrogens with zero attached hydrogens (tertiary/aromatic N) is 2. The molecule has 0 saturated carbocycles. The average molecular weight is 823 g/mol. The van der Waals surface area contributed by atoms with Gasteiger partial charge in [-0.05, 0) is 106 Å². The van der Waals surface area contributed by atoms with Crippen molar-refractivity contribution < 1.29 is 8.83 Å². The zero-order valence-corrected chi connectivity index (χ0v) is 34.6. The summed E-state index contributed by atoms with van der Waals surface area (Å²) in [4.78, 5) is 10.6. The highest BCUT2D eigenvalue weighted by Crippen LogP contribution is 2.42. The van der Waals surface area contributed by atoms with Gasteiger partial charge in [0.25, 0.3) is 0 Å². The maximum Gasteiger partial charge on any atom is 0.160 e. The molecular weight excluding hydrogens is 789 g/mol. The average Bonchev–Trinajstić information content (AvgIpc) is 4.05. The molecule has 0 amide bonds. The van der Waals surface area contributed by atoms with Crippen molar-refractivity contribution in [2.45, 2.75) is 0 Å². The third kappa shape index (κ3) is 6.05. The number of furan rings is 2. The minimum absolute atomic E-state index is 0.671. The Bertz CT molecular complexity index is 3800. The van der Waals surface area contributed by atoms with E-state index in [1.165, 1.54) is 25.7 Å². The number of hydrogen-bond donors (Lipinski definition) is 0. The number of thiophene rings is 1. The topological polar surface area (TPSA) is 52.1 Å². The monoisotopic (exact) mass is 822 g/mol. The van der Waals surface area contributed by atoms with Crippen LogP contribution in [0.15, 0.2) is 215 Å². The molecule has 13 rings (SSSR count). The Balaban J connectivity index is 1.01. The zero-order valence-electron chi connectivity index (χ0n) is 33.7. The molecule has 294 valence electrons. The van der Waals surface area contributed by atoms with Gasteiger partial charge in [0.15, 0.2) is 5.82 Å². The summed E-state index contributed by atoms with van der Waals surface area (Å²) >= 11 is 1.85. The molecular formula is C58H34N2O2S. The third-order valence-corrected chi connectivity index (χ3v) is 13.5. The molecule has 0 atom stereocenters. The standard InChI is InChI=1S/C58H34N2O2S/c1-2-12-35(13-3-1)58-59-50(39-15-10-14-38(28-39)43-19-11-20-47-46-18-6-9-23-56(46)63-57(43)47)34-51(60-58)42-30-40(36-24-26-54-48(32-36)44-16-4-7-21-52(44)61-54)29-41(31-42)37-25-27-55-49(33-37)45-17-5-8-22-53(45)62-55/h1-34H. The van der Waals surface area contributed by atoms with Gasteiger partial charge >= 0.3 is 0 Å². The van der Waals surface area contributed by atoms with E-state index in [-0.39, 0.29) is 0 Å². The lowest BCUT2D eigenvalue weighted by atomic mass is 9.93. The van der Waals surface area contributed by atoms with Crippen molar-refractivity contribution in [3.8, 4) is 67.3 Å². The number of hydrogen-bond acceptors (Lipinski definition) is 5. The number of benzene rings is 9. The predicted molar refractivity (Wildman–Crippen MR) is 262 cm³/mol. The molecule has 9 aromatic carbocycles. The van der Waals surface area contributed by atoms with E-state index in [0.29, 0.717) is 5.82 Å². The second-order valence-electron chi connectivity index (χ2n) is 16.1. The minimum atomic E-state index is 0.671. The summed E-state index contributed by atoms with van der Waals surface area (Å²) in [5.41, 5.74) is 14.9. The molecule has 4 aromatic heterocycles. The first kappa shape index (κ1) is 35.6. The Morgan fingerprint density at radius 2 is 0.810 bits per heavy atom. The van der Waals surface area contributed by atoms with E-state index in [1.54, 1.807) is 0 Å². The zero-order chi connectivity index (χ0) is 41.4. The Hall–Kier alpha value is -8.12. The second kappa shape index (κ2) is 14.2. The fourth-order valence-corrected chi connectivity index (χ4v) is 10.4. The number of rotatable bonds is 6. The number of para-hydroxylation sites is 2. The van der Waals surface area contributed by atoms with E-state index >= 15 is 0 Å². The summed E-state index contributed by atoms with van der Waals surface area (Å²) in [5.74, 6) is 0.671. The molecule has 0 fully saturated rings. The number of aromatic nitrogens is 2. The van der Waals surface area contributed by atoms with Gasteiger partial charge in [0, 0.05) is 58.4 Å². The van der Waals surface area contributed by atoms with Gasteiger partial charge < -0.3 is 8.83 Å². The fourth-order valence-electron chi connectivity index (χ4n) is 9.20. The molecule has 0 unspecified atom stereocenters. The molecule has 0 spiro atoms. The van der Waals surface area contributed by atoms with Gasteiger partial charge in [0.1, 0.15) is 22.3 Å². The van der Waals surface area contributed by atoms with Crippen molar-refractivity contribution in [2.24, 2.45) is 0 Å². The highest BCUT2D eigenvalue weighted by atomic mass is 32.1. The van der Waals surface area contributed by atoms with Crippen LogP contribution in [0.3, 0.4) is 0 Å². The van der Waals surface area contributed by atoms with Crippen molar-refractivity contribution >= 4 is 75.4 Å². The van der Waals surface area contributed by atoms with Crippen LogP contribution in [0, 0.1) is 0 Å². The van der Waals surface area contributed by atoms with Crippen LogP contribution >= 0.6 is 11.3 Å². The molecule has 0 bridgehead atoms. The smallest absolute Gasteiger partial charge is 0.160 e. The first-order valence-electron chi connectivity index (χ1n) is 21.1. The molecule has 0 aliphatic rings. The second-order valence-corrected chi connectivity index (χ2v) is 17.2. The molecule has 0 radical (unpaired) electrons. The Kier molecular flexibility index (Phi) is 8.05. The van der Waals surface area contributed by atoms with E-state index < -0.39 is 0 Å². The normalized spacial score (nSPS) is 11.8. The van der Waals surface area contributed by atoms with Gasteiger partial charge in [-0.1, -0.05) is 133 Å². The Morgan fingerprint density at radius 3 is 1.51 bits per heavy atom. The van der Waals surface area contributed by atoms with Crippen molar-refractivity contribution in [1.29, 1.82) is 0 Å². The SMILES string of the molecule is c1ccc(-c2nc(-c3cc(-c4ccc5oc6ccccc6c5c4)cc(-c4ccc5oc6ccccc6c5c4)c3)cc(-c3cccc(-c4cccc5c4sc4ccccc45)c3)n2)cc1. The first-order valence-corrected chi connectivity index (χ1v) is 21.9. The van der Waals surface area contributed by atoms with E-state index in [4.69, 9.17) is 18.8 Å². The Labute approximate surface area is 366 Å². The Morgan fingerprint density at radius 1 is 0.302 bits per heavy atom. The summed E-state index contributed by atoms with van der Waals surface area (Å²) in [6.45, 7) is 0. The highest BCUT2D eigenvalue weighted by Gasteiger charge is 2.17. The van der Waals surface area contributed by atoms with Gasteiger partial charge in [-0.2, -0.15) is 0 Å². The van der Waals surface area contributed by atoms with Crippen LogP contribution in [0.5, 0.6) is 0 Å². The quantitative estimate of drug-likeness (QED) is 0.168. The van der Waals surface area contributed by atoms with Crippen LogP contribution in [-0.4, -0.2) is 9.97 Å². The summed E-state index contributed by atoms with van der Waals surface area (Å²) < 4.78 is 15.1. The summed E-state index contributed by atoms with van der Waals surface area (Å²) in [7, 11) is 0. The molecule has 0 aliphatic carbocycles. The van der Waals surface area contributed by atoms with Gasteiger partial charge in [-0.25, -0.2) is 9.97 Å². The molecule has 63 heavy (non-hydrogen) atoms. The highest BCUT2D eigenvalue weighted by molar-refractivity contribution is 7.26. The largest absolute Gasteiger partial charge is 0.456 e. The van der Waals surface area contributed by atoms with Crippen LogP contribution in [-0.2, 0) is 0 Å². The van der Waals surface area contributed by atoms with Crippen LogP contribution in [0.25, 0.3) is 131 Å². The summed E-state index contributed by atoms with van der Waals surface area (Å²) in [6.07, 6.45) is 0. The van der Waals surface area contributed by atoms with Crippen molar-refractivity contribution in [3.05, 3.63) is 206 Å². The van der Waals surface area contributed by atoms with E-state index in [9.17, 15) is 0 Å². The van der Waals surface area contributed by atoms with E-state index in [0.717, 1.165) is 99.8 Å². The minimum Gasteiger partial charge on any atom is -0.456 e. The molecule has 5 heteroatoms. The van der Waals surface area contributed by atoms with Crippen LogP contribution in [0.4, 0.5) is 0 Å². The summed E-state index contributed by atoms with van der Waals surface area (Å²) in [6, 6.07) is 72.8. The predicted octanol–water partition coefficient (Wildman–Crippen LogP) is 16.6.